The molecule has 0 fully saturated rings. The summed E-state index contributed by atoms with van der Waals surface area (Å²) in [4.78, 5) is 0. The molecule has 0 radical (unpaired) electrons. The van der Waals surface area contributed by atoms with Gasteiger partial charge in [0.1, 0.15) is 5.82 Å². The first-order valence-electron chi connectivity index (χ1n) is 3.80. The molecule has 0 saturated heterocycles. The fraction of sp³-hybridized carbons (Fsp3) is 0.100. The minimum Gasteiger partial charge on any atom is -0.205 e. The van der Waals surface area contributed by atoms with Crippen LogP contribution in [0.15, 0.2) is 17.5 Å². The zero-order valence-corrected chi connectivity index (χ0v) is 7.78. The van der Waals surface area contributed by atoms with E-state index in [9.17, 15) is 4.39 Å². The van der Waals surface area contributed by atoms with E-state index in [1.807, 2.05) is 12.3 Å². The van der Waals surface area contributed by atoms with Gasteiger partial charge in [-0.2, -0.15) is 5.26 Å². The molecule has 0 atom stereocenters. The van der Waals surface area contributed by atoms with Crippen LogP contribution in [0, 0.1) is 24.1 Å². The van der Waals surface area contributed by atoms with E-state index < -0.39 is 0 Å². The molecule has 0 spiro atoms. The lowest BCUT2D eigenvalue weighted by molar-refractivity contribution is 0.641. The number of fused-ring (bicyclic) bond motifs is 1. The lowest BCUT2D eigenvalue weighted by Gasteiger charge is -1.95. The molecule has 0 aliphatic carbocycles. The number of benzene rings is 1. The highest BCUT2D eigenvalue weighted by molar-refractivity contribution is 7.17. The molecular formula is C10H6FNS. The molecule has 2 rings (SSSR count). The van der Waals surface area contributed by atoms with Gasteiger partial charge in [0, 0.05) is 5.39 Å². The van der Waals surface area contributed by atoms with Crippen molar-refractivity contribution in [3.63, 3.8) is 0 Å². The topological polar surface area (TPSA) is 23.8 Å². The van der Waals surface area contributed by atoms with Crippen LogP contribution in [0.1, 0.15) is 11.1 Å². The largest absolute Gasteiger partial charge is 0.205 e. The lowest BCUT2D eigenvalue weighted by atomic mass is 10.1. The summed E-state index contributed by atoms with van der Waals surface area (Å²) >= 11 is 1.34. The van der Waals surface area contributed by atoms with Gasteiger partial charge in [0.15, 0.2) is 0 Å². The van der Waals surface area contributed by atoms with Crippen LogP contribution in [0.25, 0.3) is 10.1 Å². The van der Waals surface area contributed by atoms with Crippen molar-refractivity contribution < 1.29 is 4.39 Å². The molecule has 0 bridgehead atoms. The van der Waals surface area contributed by atoms with E-state index in [0.717, 1.165) is 10.9 Å². The Morgan fingerprint density at radius 2 is 2.23 bits per heavy atom. The van der Waals surface area contributed by atoms with Gasteiger partial charge < -0.3 is 0 Å². The Morgan fingerprint density at radius 1 is 1.46 bits per heavy atom. The van der Waals surface area contributed by atoms with Crippen LogP contribution in [0.3, 0.4) is 0 Å². The molecule has 64 valence electrons. The summed E-state index contributed by atoms with van der Waals surface area (Å²) in [6.45, 7) is 1.89. The smallest absolute Gasteiger partial charge is 0.141 e. The first-order chi connectivity index (χ1) is 6.24. The Bertz CT molecular complexity index is 507. The molecule has 0 amide bonds. The Morgan fingerprint density at radius 3 is 2.92 bits per heavy atom. The Balaban J connectivity index is 2.99. The molecular weight excluding hydrogens is 185 g/mol. The maximum absolute atomic E-state index is 13.2. The SMILES string of the molecule is Cc1csc2c(F)ccc(C#N)c12. The Hall–Kier alpha value is -1.40. The third-order valence-corrected chi connectivity index (χ3v) is 3.08. The second kappa shape index (κ2) is 2.82. The first-order valence-corrected chi connectivity index (χ1v) is 4.68. The van der Waals surface area contributed by atoms with Gasteiger partial charge in [0.05, 0.1) is 16.3 Å². The lowest BCUT2D eigenvalue weighted by Crippen LogP contribution is -1.80. The van der Waals surface area contributed by atoms with Gasteiger partial charge in [-0.15, -0.1) is 11.3 Å². The van der Waals surface area contributed by atoms with Gasteiger partial charge >= 0.3 is 0 Å². The van der Waals surface area contributed by atoms with Gasteiger partial charge in [-0.3, -0.25) is 0 Å². The number of hydrogen-bond donors (Lipinski definition) is 0. The molecule has 1 aromatic carbocycles. The van der Waals surface area contributed by atoms with Crippen LogP contribution in [0.5, 0.6) is 0 Å². The summed E-state index contributed by atoms with van der Waals surface area (Å²) in [5, 5.41) is 11.4. The molecule has 3 heteroatoms. The summed E-state index contributed by atoms with van der Waals surface area (Å²) in [6, 6.07) is 4.93. The van der Waals surface area contributed by atoms with Crippen molar-refractivity contribution in [1.29, 1.82) is 5.26 Å². The summed E-state index contributed by atoms with van der Waals surface area (Å²) in [6.07, 6.45) is 0. The standard InChI is InChI=1S/C10H6FNS/c1-6-5-13-10-8(11)3-2-7(4-12)9(6)10/h2-3,5H,1H3. The molecule has 13 heavy (non-hydrogen) atoms. The third kappa shape index (κ3) is 1.11. The van der Waals surface area contributed by atoms with E-state index in [1.54, 1.807) is 0 Å². The molecule has 0 aliphatic heterocycles. The highest BCUT2D eigenvalue weighted by Crippen LogP contribution is 2.30. The third-order valence-electron chi connectivity index (χ3n) is 1.98. The fourth-order valence-electron chi connectivity index (χ4n) is 1.36. The average molecular weight is 191 g/mol. The zero-order valence-electron chi connectivity index (χ0n) is 6.97. The van der Waals surface area contributed by atoms with Crippen LogP contribution in [0.4, 0.5) is 4.39 Å². The maximum atomic E-state index is 13.2. The number of hydrogen-bond acceptors (Lipinski definition) is 2. The van der Waals surface area contributed by atoms with Crippen LogP contribution in [0.2, 0.25) is 0 Å². The summed E-state index contributed by atoms with van der Waals surface area (Å²) in [5.41, 5.74) is 1.52. The molecule has 0 aliphatic rings. The van der Waals surface area contributed by atoms with Gasteiger partial charge in [-0.05, 0) is 30.0 Å². The monoisotopic (exact) mass is 191 g/mol. The summed E-state index contributed by atoms with van der Waals surface area (Å²) in [5.74, 6) is -0.243. The number of thiophene rings is 1. The normalized spacial score (nSPS) is 10.2. The van der Waals surface area contributed by atoms with Crippen LogP contribution < -0.4 is 0 Å². The van der Waals surface area contributed by atoms with E-state index in [2.05, 4.69) is 6.07 Å². The van der Waals surface area contributed by atoms with Gasteiger partial charge in [-0.1, -0.05) is 0 Å². The average Bonchev–Trinajstić information content (AvgIpc) is 2.51. The Kier molecular flexibility index (Phi) is 1.78. The second-order valence-electron chi connectivity index (χ2n) is 2.83. The molecule has 1 heterocycles. The van der Waals surface area contributed by atoms with E-state index in [1.165, 1.54) is 23.5 Å². The van der Waals surface area contributed by atoms with Crippen LogP contribution >= 0.6 is 11.3 Å². The van der Waals surface area contributed by atoms with Crippen molar-refractivity contribution in [2.45, 2.75) is 6.92 Å². The summed E-state index contributed by atoms with van der Waals surface area (Å²) in [7, 11) is 0. The van der Waals surface area contributed by atoms with Crippen molar-refractivity contribution in [2.24, 2.45) is 0 Å². The second-order valence-corrected chi connectivity index (χ2v) is 3.71. The van der Waals surface area contributed by atoms with Crippen LogP contribution in [-0.4, -0.2) is 0 Å². The predicted octanol–water partition coefficient (Wildman–Crippen LogP) is 3.22. The van der Waals surface area contributed by atoms with E-state index >= 15 is 0 Å². The van der Waals surface area contributed by atoms with Gasteiger partial charge in [0.25, 0.3) is 0 Å². The quantitative estimate of drug-likeness (QED) is 0.627. The molecule has 1 nitrogen and oxygen atoms in total. The van der Waals surface area contributed by atoms with E-state index in [-0.39, 0.29) is 5.82 Å². The van der Waals surface area contributed by atoms with Crippen molar-refractivity contribution in [1.82, 2.24) is 0 Å². The van der Waals surface area contributed by atoms with Crippen molar-refractivity contribution in [2.75, 3.05) is 0 Å². The minimum absolute atomic E-state index is 0.243. The molecule has 1 aromatic heterocycles. The number of nitrogens with zero attached hydrogens (tertiary/aromatic N) is 1. The van der Waals surface area contributed by atoms with E-state index in [0.29, 0.717) is 10.3 Å². The number of aryl methyl sites for hydroxylation is 1. The minimum atomic E-state index is -0.243. The maximum Gasteiger partial charge on any atom is 0.141 e. The predicted molar refractivity (Wildman–Crippen MR) is 51.2 cm³/mol. The number of halogens is 1. The van der Waals surface area contributed by atoms with E-state index in [4.69, 9.17) is 5.26 Å². The fourth-order valence-corrected chi connectivity index (χ4v) is 2.35. The molecule has 2 aromatic rings. The summed E-state index contributed by atoms with van der Waals surface area (Å²) < 4.78 is 13.8. The zero-order chi connectivity index (χ0) is 9.42. The van der Waals surface area contributed by atoms with Crippen LogP contribution in [-0.2, 0) is 0 Å². The highest BCUT2D eigenvalue weighted by Gasteiger charge is 2.09. The molecule has 0 saturated carbocycles. The number of nitriles is 1. The number of rotatable bonds is 0. The van der Waals surface area contributed by atoms with Crippen molar-refractivity contribution >= 4 is 21.4 Å². The van der Waals surface area contributed by atoms with Crippen molar-refractivity contribution in [3.8, 4) is 6.07 Å². The molecule has 0 N–H and O–H groups in total. The van der Waals surface area contributed by atoms with Crippen molar-refractivity contribution in [3.05, 3.63) is 34.5 Å². The first kappa shape index (κ1) is 8.21. The highest BCUT2D eigenvalue weighted by atomic mass is 32.1. The Labute approximate surface area is 79.0 Å². The van der Waals surface area contributed by atoms with Gasteiger partial charge in [0.2, 0.25) is 0 Å². The molecule has 0 unspecified atom stereocenters. The van der Waals surface area contributed by atoms with Gasteiger partial charge in [-0.25, -0.2) is 4.39 Å².